The van der Waals surface area contributed by atoms with Gasteiger partial charge in [-0.25, -0.2) is 9.97 Å². The number of rotatable bonds is 14. The summed E-state index contributed by atoms with van der Waals surface area (Å²) in [4.78, 5) is 16.6. The van der Waals surface area contributed by atoms with E-state index in [9.17, 15) is 0 Å². The van der Waals surface area contributed by atoms with E-state index in [-0.39, 0.29) is 11.9 Å². The summed E-state index contributed by atoms with van der Waals surface area (Å²) in [5.74, 6) is 4.97. The number of aromatic nitrogens is 4. The van der Waals surface area contributed by atoms with Crippen LogP contribution in [0.3, 0.4) is 0 Å². The second-order valence-electron chi connectivity index (χ2n) is 6.24. The molecule has 0 saturated heterocycles. The molecule has 0 amide bonds. The van der Waals surface area contributed by atoms with Gasteiger partial charge in [-0.1, -0.05) is 0 Å². The second kappa shape index (κ2) is 13.4. The quantitative estimate of drug-likeness (QED) is 0.0978. The predicted octanol–water partition coefficient (Wildman–Crippen LogP) is 1.95. The van der Waals surface area contributed by atoms with E-state index in [4.69, 9.17) is 22.9 Å². The first-order chi connectivity index (χ1) is 16.0. The number of anilines is 2. The molecule has 10 N–H and O–H groups in total. The van der Waals surface area contributed by atoms with Crippen molar-refractivity contribution in [3.63, 3.8) is 0 Å². The van der Waals surface area contributed by atoms with Crippen molar-refractivity contribution in [2.45, 2.75) is 11.5 Å². The second-order valence-corrected chi connectivity index (χ2v) is 10.6. The maximum Gasteiger partial charge on any atom is 0.212 e. The number of nitrogens with one attached hydrogen (secondary N) is 2. The molecule has 33 heavy (non-hydrogen) atoms. The Hall–Kier alpha value is -2.34. The largest absolute Gasteiger partial charge is 0.370 e. The van der Waals surface area contributed by atoms with E-state index in [2.05, 4.69) is 39.3 Å². The molecule has 0 aliphatic rings. The first kappa shape index (κ1) is 25.3. The van der Waals surface area contributed by atoms with Crippen LogP contribution in [0.1, 0.15) is 11.4 Å². The van der Waals surface area contributed by atoms with Gasteiger partial charge in [0.25, 0.3) is 0 Å². The van der Waals surface area contributed by atoms with E-state index in [0.29, 0.717) is 10.3 Å². The van der Waals surface area contributed by atoms with Crippen molar-refractivity contribution >= 4 is 91.7 Å². The molecular formula is C16H24N12S5. The Morgan fingerprint density at radius 3 is 1.67 bits per heavy atom. The molecule has 17 heteroatoms. The summed E-state index contributed by atoms with van der Waals surface area (Å²) in [6, 6.07) is 0. The van der Waals surface area contributed by atoms with Crippen molar-refractivity contribution < 1.29 is 0 Å². The van der Waals surface area contributed by atoms with E-state index in [1.54, 1.807) is 23.5 Å². The van der Waals surface area contributed by atoms with Crippen LogP contribution in [0.5, 0.6) is 0 Å². The highest BCUT2D eigenvalue weighted by atomic mass is 32.2. The number of aliphatic imine (C=N–C) groups is 2. The molecule has 3 rings (SSSR count). The standard InChI is InChI=1S/C16H24N12S5/c17-13(18)25-15-23-9(7-31-15)5-29-3-1-21-11-12(28-33-27-11)22-2-4-30-6-10-8-32-16(24-10)26-14(19)20/h7-8H,1-6H2,(H,21,27)(H,22,28)(H4,17,18,23,25)(H4,19,20,24,26). The Labute approximate surface area is 211 Å². The Bertz CT molecular complexity index is 969. The molecule has 0 atom stereocenters. The van der Waals surface area contributed by atoms with Gasteiger partial charge in [0.15, 0.2) is 23.6 Å². The number of hydrogen-bond donors (Lipinski definition) is 6. The van der Waals surface area contributed by atoms with E-state index >= 15 is 0 Å². The molecule has 3 heterocycles. The summed E-state index contributed by atoms with van der Waals surface area (Å²) < 4.78 is 8.65. The zero-order chi connectivity index (χ0) is 23.5. The summed E-state index contributed by atoms with van der Waals surface area (Å²) in [5, 5.41) is 11.7. The molecule has 0 unspecified atom stereocenters. The molecule has 0 aliphatic heterocycles. The topological polar surface area (TPSA) is 204 Å². The number of nitrogens with zero attached hydrogens (tertiary/aromatic N) is 6. The molecule has 0 bridgehead atoms. The Kier molecular flexibility index (Phi) is 10.3. The third-order valence-corrected chi connectivity index (χ3v) is 7.68. The molecule has 3 aromatic rings. The first-order valence-corrected chi connectivity index (χ1v) is 14.3. The molecular weight excluding hydrogens is 521 g/mol. The van der Waals surface area contributed by atoms with Crippen molar-refractivity contribution in [1.82, 2.24) is 18.7 Å². The fourth-order valence-electron chi connectivity index (χ4n) is 2.31. The highest BCUT2D eigenvalue weighted by Crippen LogP contribution is 2.23. The smallest absolute Gasteiger partial charge is 0.212 e. The molecule has 0 saturated carbocycles. The van der Waals surface area contributed by atoms with Crippen LogP contribution in [0.25, 0.3) is 0 Å². The van der Waals surface area contributed by atoms with Crippen LogP contribution in [-0.2, 0) is 11.5 Å². The predicted molar refractivity (Wildman–Crippen MR) is 144 cm³/mol. The van der Waals surface area contributed by atoms with Crippen molar-refractivity contribution in [3.05, 3.63) is 22.1 Å². The summed E-state index contributed by atoms with van der Waals surface area (Å²) in [7, 11) is 0. The number of thiazole rings is 2. The molecule has 0 fully saturated rings. The average Bonchev–Trinajstić information content (AvgIpc) is 3.49. The number of hydrogen-bond acceptors (Lipinski definition) is 13. The Balaban J connectivity index is 1.29. The van der Waals surface area contributed by atoms with Gasteiger partial charge in [-0.15, -0.1) is 22.7 Å². The van der Waals surface area contributed by atoms with Crippen molar-refractivity contribution in [3.8, 4) is 0 Å². The molecule has 178 valence electrons. The van der Waals surface area contributed by atoms with Gasteiger partial charge in [-0.3, -0.25) is 0 Å². The summed E-state index contributed by atoms with van der Waals surface area (Å²) in [6.07, 6.45) is 0. The van der Waals surface area contributed by atoms with Gasteiger partial charge in [0.1, 0.15) is 0 Å². The molecule has 0 aromatic carbocycles. The van der Waals surface area contributed by atoms with E-state index in [0.717, 1.165) is 59.1 Å². The van der Waals surface area contributed by atoms with Crippen LogP contribution < -0.4 is 33.6 Å². The minimum atomic E-state index is 0.0187. The summed E-state index contributed by atoms with van der Waals surface area (Å²) >= 11 is 7.56. The van der Waals surface area contributed by atoms with Gasteiger partial charge in [0, 0.05) is 46.9 Å². The maximum atomic E-state index is 5.37. The number of thioether (sulfide) groups is 2. The highest BCUT2D eigenvalue weighted by Gasteiger charge is 2.08. The lowest BCUT2D eigenvalue weighted by atomic mass is 10.5. The fraction of sp³-hybridized carbons (Fsp3) is 0.375. The third-order valence-electron chi connectivity index (χ3n) is 3.59. The minimum absolute atomic E-state index is 0.0187. The normalized spacial score (nSPS) is 10.7. The lowest BCUT2D eigenvalue weighted by Gasteiger charge is -2.07. The van der Waals surface area contributed by atoms with Gasteiger partial charge in [0.2, 0.25) is 10.3 Å². The maximum absolute atomic E-state index is 5.37. The van der Waals surface area contributed by atoms with E-state index in [1.165, 1.54) is 34.4 Å². The Morgan fingerprint density at radius 2 is 1.24 bits per heavy atom. The van der Waals surface area contributed by atoms with Crippen LogP contribution >= 0.6 is 57.9 Å². The summed E-state index contributed by atoms with van der Waals surface area (Å²) in [6.45, 7) is 1.54. The number of guanidine groups is 2. The van der Waals surface area contributed by atoms with Crippen LogP contribution in [0.2, 0.25) is 0 Å². The highest BCUT2D eigenvalue weighted by molar-refractivity contribution is 7.98. The van der Waals surface area contributed by atoms with E-state index < -0.39 is 0 Å². The molecule has 3 aromatic heterocycles. The van der Waals surface area contributed by atoms with Gasteiger partial charge >= 0.3 is 0 Å². The van der Waals surface area contributed by atoms with Crippen LogP contribution in [0.4, 0.5) is 21.9 Å². The average molecular weight is 545 g/mol. The lowest BCUT2D eigenvalue weighted by Crippen LogP contribution is -2.21. The lowest BCUT2D eigenvalue weighted by molar-refractivity contribution is 1.15. The fourth-order valence-corrected chi connectivity index (χ4v) is 5.93. The minimum Gasteiger partial charge on any atom is -0.370 e. The van der Waals surface area contributed by atoms with Crippen molar-refractivity contribution in [2.24, 2.45) is 32.9 Å². The molecule has 12 nitrogen and oxygen atoms in total. The monoisotopic (exact) mass is 544 g/mol. The van der Waals surface area contributed by atoms with Crippen molar-refractivity contribution in [1.29, 1.82) is 0 Å². The van der Waals surface area contributed by atoms with Gasteiger partial charge in [-0.2, -0.15) is 42.3 Å². The van der Waals surface area contributed by atoms with Gasteiger partial charge in [-0.05, 0) is 0 Å². The molecule has 0 radical (unpaired) electrons. The van der Waals surface area contributed by atoms with Crippen LogP contribution in [-0.4, -0.2) is 55.2 Å². The zero-order valence-electron chi connectivity index (χ0n) is 17.4. The van der Waals surface area contributed by atoms with Gasteiger partial charge in [0.05, 0.1) is 23.1 Å². The third kappa shape index (κ3) is 9.20. The van der Waals surface area contributed by atoms with Crippen LogP contribution in [0.15, 0.2) is 20.7 Å². The molecule has 0 aliphatic carbocycles. The number of nitrogens with two attached hydrogens (primary N) is 4. The SMILES string of the molecule is NC(N)=Nc1nc(CSCCNc2nsnc2NCCSCc2csc(N=C(N)N)n2)cs1. The molecule has 0 spiro atoms. The summed E-state index contributed by atoms with van der Waals surface area (Å²) in [5.41, 5.74) is 23.4. The van der Waals surface area contributed by atoms with Gasteiger partial charge < -0.3 is 33.6 Å². The van der Waals surface area contributed by atoms with E-state index in [1.807, 2.05) is 10.8 Å². The zero-order valence-corrected chi connectivity index (χ0v) is 21.5. The first-order valence-electron chi connectivity index (χ1n) is 9.53. The van der Waals surface area contributed by atoms with Crippen LogP contribution in [0, 0.1) is 0 Å². The van der Waals surface area contributed by atoms with Crippen molar-refractivity contribution in [2.75, 3.05) is 35.2 Å². The Morgan fingerprint density at radius 1 is 0.788 bits per heavy atom.